The molecule has 0 aliphatic rings. The van der Waals surface area contributed by atoms with Gasteiger partial charge in [0.15, 0.2) is 0 Å². The first kappa shape index (κ1) is 13.9. The van der Waals surface area contributed by atoms with Crippen molar-refractivity contribution in [3.05, 3.63) is 0 Å². The Kier molecular flexibility index (Phi) is 7.13. The minimum Gasteiger partial charge on any atom is -0.396 e. The SMILES string of the molecule is CCCCN(C)S(=O)(=O)CCCCO. The third-order valence-corrected chi connectivity index (χ3v) is 4.05. The van der Waals surface area contributed by atoms with Crippen molar-refractivity contribution < 1.29 is 13.5 Å². The van der Waals surface area contributed by atoms with E-state index >= 15 is 0 Å². The molecule has 0 rings (SSSR count). The second-order valence-electron chi connectivity index (χ2n) is 3.42. The molecule has 86 valence electrons. The van der Waals surface area contributed by atoms with Crippen molar-refractivity contribution in [2.24, 2.45) is 0 Å². The predicted octanol–water partition coefficient (Wildman–Crippen LogP) is 0.821. The number of aliphatic hydroxyl groups is 1. The molecule has 0 aliphatic carbocycles. The molecule has 0 aromatic carbocycles. The van der Waals surface area contributed by atoms with E-state index in [1.165, 1.54) is 4.31 Å². The van der Waals surface area contributed by atoms with E-state index in [1.807, 2.05) is 6.92 Å². The van der Waals surface area contributed by atoms with Crippen LogP contribution in [0.3, 0.4) is 0 Å². The van der Waals surface area contributed by atoms with E-state index in [4.69, 9.17) is 5.11 Å². The van der Waals surface area contributed by atoms with Crippen LogP contribution in [0.25, 0.3) is 0 Å². The molecule has 0 spiro atoms. The fourth-order valence-corrected chi connectivity index (χ4v) is 2.36. The largest absolute Gasteiger partial charge is 0.396 e. The van der Waals surface area contributed by atoms with E-state index in [9.17, 15) is 8.42 Å². The summed E-state index contributed by atoms with van der Waals surface area (Å²) in [6, 6.07) is 0. The lowest BCUT2D eigenvalue weighted by molar-refractivity contribution is 0.287. The third kappa shape index (κ3) is 5.57. The Bertz CT molecular complexity index is 226. The third-order valence-electron chi connectivity index (χ3n) is 2.11. The van der Waals surface area contributed by atoms with E-state index in [0.29, 0.717) is 19.4 Å². The molecule has 5 heteroatoms. The Balaban J connectivity index is 3.91. The Morgan fingerprint density at radius 3 is 2.36 bits per heavy atom. The Morgan fingerprint density at radius 2 is 1.86 bits per heavy atom. The van der Waals surface area contributed by atoms with Gasteiger partial charge in [-0.3, -0.25) is 0 Å². The van der Waals surface area contributed by atoms with Crippen molar-refractivity contribution >= 4 is 10.0 Å². The summed E-state index contributed by atoms with van der Waals surface area (Å²) in [5.74, 6) is 0.147. The van der Waals surface area contributed by atoms with Gasteiger partial charge in [-0.2, -0.15) is 0 Å². The lowest BCUT2D eigenvalue weighted by Crippen LogP contribution is -2.30. The molecule has 0 aliphatic heterocycles. The van der Waals surface area contributed by atoms with Gasteiger partial charge < -0.3 is 5.11 Å². The number of unbranched alkanes of at least 4 members (excludes halogenated alkanes) is 2. The van der Waals surface area contributed by atoms with Crippen LogP contribution >= 0.6 is 0 Å². The minimum atomic E-state index is -3.08. The fraction of sp³-hybridized carbons (Fsp3) is 1.00. The molecule has 0 aromatic rings. The maximum absolute atomic E-state index is 11.6. The molecular formula is C9H21NO3S. The summed E-state index contributed by atoms with van der Waals surface area (Å²) in [4.78, 5) is 0. The number of hydrogen-bond donors (Lipinski definition) is 1. The first-order valence-electron chi connectivity index (χ1n) is 5.09. The molecule has 0 bridgehead atoms. The first-order chi connectivity index (χ1) is 6.54. The summed E-state index contributed by atoms with van der Waals surface area (Å²) in [5, 5.41) is 8.53. The quantitative estimate of drug-likeness (QED) is 0.620. The van der Waals surface area contributed by atoms with Crippen LogP contribution in [-0.2, 0) is 10.0 Å². The van der Waals surface area contributed by atoms with Crippen LogP contribution in [-0.4, -0.2) is 43.8 Å². The van der Waals surface area contributed by atoms with E-state index in [2.05, 4.69) is 0 Å². The topological polar surface area (TPSA) is 57.6 Å². The van der Waals surface area contributed by atoms with Crippen LogP contribution < -0.4 is 0 Å². The molecule has 1 N–H and O–H groups in total. The molecule has 0 radical (unpaired) electrons. The predicted molar refractivity (Wildman–Crippen MR) is 57.6 cm³/mol. The van der Waals surface area contributed by atoms with Gasteiger partial charge in [-0.1, -0.05) is 13.3 Å². The number of nitrogens with zero attached hydrogens (tertiary/aromatic N) is 1. The van der Waals surface area contributed by atoms with Crippen molar-refractivity contribution in [2.45, 2.75) is 32.6 Å². The minimum absolute atomic E-state index is 0.0637. The van der Waals surface area contributed by atoms with Crippen LogP contribution in [0.2, 0.25) is 0 Å². The monoisotopic (exact) mass is 223 g/mol. The standard InChI is InChI=1S/C9H21NO3S/c1-3-4-7-10(2)14(12,13)9-6-5-8-11/h11H,3-9H2,1-2H3. The van der Waals surface area contributed by atoms with Gasteiger partial charge in [-0.25, -0.2) is 12.7 Å². The molecular weight excluding hydrogens is 202 g/mol. The fourth-order valence-electron chi connectivity index (χ4n) is 1.07. The van der Waals surface area contributed by atoms with E-state index in [-0.39, 0.29) is 12.4 Å². The van der Waals surface area contributed by atoms with Crippen LogP contribution in [0.5, 0.6) is 0 Å². The van der Waals surface area contributed by atoms with Crippen molar-refractivity contribution in [1.82, 2.24) is 4.31 Å². The highest BCUT2D eigenvalue weighted by Crippen LogP contribution is 2.04. The molecule has 0 saturated heterocycles. The van der Waals surface area contributed by atoms with E-state index in [1.54, 1.807) is 7.05 Å². The van der Waals surface area contributed by atoms with E-state index < -0.39 is 10.0 Å². The molecule has 0 amide bonds. The highest BCUT2D eigenvalue weighted by atomic mass is 32.2. The maximum atomic E-state index is 11.6. The van der Waals surface area contributed by atoms with Gasteiger partial charge in [-0.15, -0.1) is 0 Å². The van der Waals surface area contributed by atoms with Gasteiger partial charge in [0.2, 0.25) is 10.0 Å². The normalized spacial score (nSPS) is 12.3. The first-order valence-corrected chi connectivity index (χ1v) is 6.70. The number of aliphatic hydroxyl groups excluding tert-OH is 1. The highest BCUT2D eigenvalue weighted by molar-refractivity contribution is 7.89. The Labute approximate surface area is 87.0 Å². The van der Waals surface area contributed by atoms with E-state index in [0.717, 1.165) is 12.8 Å². The van der Waals surface area contributed by atoms with Crippen LogP contribution in [0, 0.1) is 0 Å². The molecule has 0 heterocycles. The summed E-state index contributed by atoms with van der Waals surface area (Å²) < 4.78 is 24.5. The molecule has 0 saturated carbocycles. The van der Waals surface area contributed by atoms with Gasteiger partial charge >= 0.3 is 0 Å². The summed E-state index contributed by atoms with van der Waals surface area (Å²) in [5.41, 5.74) is 0. The van der Waals surface area contributed by atoms with Crippen molar-refractivity contribution in [2.75, 3.05) is 26.0 Å². The van der Waals surface area contributed by atoms with Crippen molar-refractivity contribution in [1.29, 1.82) is 0 Å². The maximum Gasteiger partial charge on any atom is 0.213 e. The van der Waals surface area contributed by atoms with Gasteiger partial charge in [0, 0.05) is 20.2 Å². The molecule has 4 nitrogen and oxygen atoms in total. The lowest BCUT2D eigenvalue weighted by Gasteiger charge is -2.16. The van der Waals surface area contributed by atoms with Crippen LogP contribution in [0.15, 0.2) is 0 Å². The Hall–Kier alpha value is -0.130. The van der Waals surface area contributed by atoms with Gasteiger partial charge in [-0.05, 0) is 19.3 Å². The van der Waals surface area contributed by atoms with Crippen LogP contribution in [0.1, 0.15) is 32.6 Å². The average Bonchev–Trinajstić information content (AvgIpc) is 2.14. The zero-order valence-electron chi connectivity index (χ0n) is 9.07. The van der Waals surface area contributed by atoms with Gasteiger partial charge in [0.1, 0.15) is 0 Å². The molecule has 14 heavy (non-hydrogen) atoms. The van der Waals surface area contributed by atoms with Crippen molar-refractivity contribution in [3.8, 4) is 0 Å². The number of sulfonamides is 1. The molecule has 0 fully saturated rings. The summed E-state index contributed by atoms with van der Waals surface area (Å²) in [7, 11) is -1.47. The Morgan fingerprint density at radius 1 is 1.21 bits per heavy atom. The second-order valence-corrected chi connectivity index (χ2v) is 5.62. The molecule has 0 aromatic heterocycles. The number of hydrogen-bond acceptors (Lipinski definition) is 3. The number of rotatable bonds is 8. The van der Waals surface area contributed by atoms with Crippen molar-refractivity contribution in [3.63, 3.8) is 0 Å². The highest BCUT2D eigenvalue weighted by Gasteiger charge is 2.15. The van der Waals surface area contributed by atoms with Gasteiger partial charge in [0.05, 0.1) is 5.75 Å². The summed E-state index contributed by atoms with van der Waals surface area (Å²) >= 11 is 0. The molecule has 0 unspecified atom stereocenters. The average molecular weight is 223 g/mol. The second kappa shape index (κ2) is 7.20. The van der Waals surface area contributed by atoms with Crippen LogP contribution in [0.4, 0.5) is 0 Å². The zero-order valence-corrected chi connectivity index (χ0v) is 9.89. The molecule has 0 atom stereocenters. The van der Waals surface area contributed by atoms with Gasteiger partial charge in [0.25, 0.3) is 0 Å². The summed E-state index contributed by atoms with van der Waals surface area (Å²) in [6.45, 7) is 2.69. The zero-order chi connectivity index (χ0) is 11.0. The lowest BCUT2D eigenvalue weighted by atomic mass is 10.3. The smallest absolute Gasteiger partial charge is 0.213 e. The summed E-state index contributed by atoms with van der Waals surface area (Å²) in [6.07, 6.45) is 2.99.